The lowest BCUT2D eigenvalue weighted by Gasteiger charge is -2.06. The molecule has 2 heterocycles. The average Bonchev–Trinajstić information content (AvgIpc) is 3.36. The first-order chi connectivity index (χ1) is 17.7. The monoisotopic (exact) mass is 509 g/mol. The van der Waals surface area contributed by atoms with Crippen molar-refractivity contribution >= 4 is 16.7 Å². The molecular formula is C25H14F3N3O6. The minimum absolute atomic E-state index is 0.0898. The van der Waals surface area contributed by atoms with Gasteiger partial charge in [-0.2, -0.15) is 18.2 Å². The molecule has 0 aliphatic heterocycles. The Morgan fingerprint density at radius 3 is 2.51 bits per heavy atom. The maximum absolute atomic E-state index is 12.9. The molecule has 9 nitrogen and oxygen atoms in total. The van der Waals surface area contributed by atoms with Crippen LogP contribution in [0.1, 0.15) is 11.4 Å². The number of non-ortho nitro benzene ring substituents is 1. The SMILES string of the molecule is O=c1c(-c2ccc([N+](=O)[O-])cc2)coc2cc(OCc3noc(-c4cccc(C(F)(F)F)c4)n3)ccc12. The summed E-state index contributed by atoms with van der Waals surface area (Å²) in [7, 11) is 0. The van der Waals surface area contributed by atoms with Crippen molar-refractivity contribution in [1.29, 1.82) is 0 Å². The normalized spacial score (nSPS) is 11.5. The van der Waals surface area contributed by atoms with E-state index in [9.17, 15) is 28.1 Å². The molecule has 0 saturated carbocycles. The van der Waals surface area contributed by atoms with Crippen LogP contribution < -0.4 is 10.2 Å². The highest BCUT2D eigenvalue weighted by Crippen LogP contribution is 2.32. The first-order valence-electron chi connectivity index (χ1n) is 10.6. The van der Waals surface area contributed by atoms with Gasteiger partial charge in [-0.1, -0.05) is 11.2 Å². The van der Waals surface area contributed by atoms with Crippen molar-refractivity contribution in [3.05, 3.63) is 105 Å². The largest absolute Gasteiger partial charge is 0.485 e. The van der Waals surface area contributed by atoms with E-state index in [0.717, 1.165) is 12.1 Å². The van der Waals surface area contributed by atoms with E-state index < -0.39 is 16.7 Å². The van der Waals surface area contributed by atoms with Gasteiger partial charge in [0.1, 0.15) is 17.6 Å². The van der Waals surface area contributed by atoms with Crippen LogP contribution in [0.25, 0.3) is 33.6 Å². The zero-order valence-electron chi connectivity index (χ0n) is 18.6. The van der Waals surface area contributed by atoms with Gasteiger partial charge in [0.15, 0.2) is 12.0 Å². The first-order valence-corrected chi connectivity index (χ1v) is 10.6. The molecule has 12 heteroatoms. The van der Waals surface area contributed by atoms with Crippen LogP contribution >= 0.6 is 0 Å². The van der Waals surface area contributed by atoms with Crippen LogP contribution in [0.2, 0.25) is 0 Å². The lowest BCUT2D eigenvalue weighted by Crippen LogP contribution is -2.05. The van der Waals surface area contributed by atoms with Gasteiger partial charge in [-0.25, -0.2) is 0 Å². The molecule has 0 amide bonds. The number of alkyl halides is 3. The molecule has 0 bridgehead atoms. The lowest BCUT2D eigenvalue weighted by molar-refractivity contribution is -0.384. The van der Waals surface area contributed by atoms with Gasteiger partial charge in [-0.3, -0.25) is 14.9 Å². The summed E-state index contributed by atoms with van der Waals surface area (Å²) < 4.78 is 55.1. The molecule has 2 aromatic heterocycles. The van der Waals surface area contributed by atoms with Gasteiger partial charge in [0, 0.05) is 23.8 Å². The third kappa shape index (κ3) is 4.89. The minimum Gasteiger partial charge on any atom is -0.485 e. The summed E-state index contributed by atoms with van der Waals surface area (Å²) >= 11 is 0. The number of benzene rings is 3. The molecule has 5 rings (SSSR count). The van der Waals surface area contributed by atoms with Crippen molar-refractivity contribution in [2.75, 3.05) is 0 Å². The summed E-state index contributed by atoms with van der Waals surface area (Å²) in [6.07, 6.45) is -3.24. The molecule has 3 aromatic carbocycles. The van der Waals surface area contributed by atoms with Crippen LogP contribution in [0.4, 0.5) is 18.9 Å². The topological polar surface area (TPSA) is 122 Å². The highest BCUT2D eigenvalue weighted by Gasteiger charge is 2.31. The number of rotatable bonds is 6. The van der Waals surface area contributed by atoms with E-state index in [1.54, 1.807) is 0 Å². The predicted octanol–water partition coefficient (Wildman–Crippen LogP) is 6.02. The van der Waals surface area contributed by atoms with Crippen molar-refractivity contribution in [1.82, 2.24) is 10.1 Å². The smallest absolute Gasteiger partial charge is 0.416 e. The Labute approximate surface area is 204 Å². The summed E-state index contributed by atoms with van der Waals surface area (Å²) in [5.74, 6) is 0.333. The summed E-state index contributed by atoms with van der Waals surface area (Å²) in [4.78, 5) is 27.3. The van der Waals surface area contributed by atoms with Gasteiger partial charge in [-0.05, 0) is 48.0 Å². The fourth-order valence-electron chi connectivity index (χ4n) is 3.57. The predicted molar refractivity (Wildman–Crippen MR) is 124 cm³/mol. The first kappa shape index (κ1) is 23.7. The van der Waals surface area contributed by atoms with E-state index in [0.29, 0.717) is 11.3 Å². The van der Waals surface area contributed by atoms with Crippen LogP contribution in [-0.2, 0) is 12.8 Å². The van der Waals surface area contributed by atoms with Gasteiger partial charge in [-0.15, -0.1) is 0 Å². The number of nitro groups is 1. The number of nitro benzene ring substituents is 1. The number of nitrogens with zero attached hydrogens (tertiary/aromatic N) is 3. The van der Waals surface area contributed by atoms with E-state index in [1.165, 1.54) is 60.9 Å². The van der Waals surface area contributed by atoms with Crippen LogP contribution in [0.5, 0.6) is 5.75 Å². The second-order valence-electron chi connectivity index (χ2n) is 7.82. The van der Waals surface area contributed by atoms with Gasteiger partial charge < -0.3 is 13.7 Å². The molecule has 0 aliphatic carbocycles. The second kappa shape index (κ2) is 9.22. The van der Waals surface area contributed by atoms with Crippen LogP contribution in [0.15, 0.2) is 86.7 Å². The Balaban J connectivity index is 1.32. The van der Waals surface area contributed by atoms with Crippen molar-refractivity contribution < 1.29 is 31.8 Å². The Hall–Kier alpha value is -5.00. The molecule has 0 spiro atoms. The molecule has 186 valence electrons. The minimum atomic E-state index is -4.50. The molecule has 0 saturated heterocycles. The van der Waals surface area contributed by atoms with Crippen LogP contribution in [0.3, 0.4) is 0 Å². The Morgan fingerprint density at radius 1 is 1.00 bits per heavy atom. The van der Waals surface area contributed by atoms with Gasteiger partial charge in [0.2, 0.25) is 5.82 Å². The summed E-state index contributed by atoms with van der Waals surface area (Å²) in [5, 5.41) is 14.8. The van der Waals surface area contributed by atoms with Gasteiger partial charge >= 0.3 is 6.18 Å². The van der Waals surface area contributed by atoms with Crippen molar-refractivity contribution in [3.8, 4) is 28.3 Å². The van der Waals surface area contributed by atoms with Crippen molar-refractivity contribution in [3.63, 3.8) is 0 Å². The molecule has 0 fully saturated rings. The third-order valence-corrected chi connectivity index (χ3v) is 5.41. The zero-order valence-corrected chi connectivity index (χ0v) is 18.6. The molecule has 37 heavy (non-hydrogen) atoms. The molecule has 0 aliphatic rings. The number of halogens is 3. The Morgan fingerprint density at radius 2 is 1.78 bits per heavy atom. The van der Waals surface area contributed by atoms with Gasteiger partial charge in [0.25, 0.3) is 11.6 Å². The van der Waals surface area contributed by atoms with E-state index in [2.05, 4.69) is 10.1 Å². The van der Waals surface area contributed by atoms with Crippen molar-refractivity contribution in [2.24, 2.45) is 0 Å². The Bertz CT molecular complexity index is 1680. The van der Waals surface area contributed by atoms with E-state index in [-0.39, 0.29) is 51.5 Å². The van der Waals surface area contributed by atoms with E-state index >= 15 is 0 Å². The second-order valence-corrected chi connectivity index (χ2v) is 7.82. The fraction of sp³-hybridized carbons (Fsp3) is 0.0800. The number of hydrogen-bond acceptors (Lipinski definition) is 8. The number of fused-ring (bicyclic) bond motifs is 1. The highest BCUT2D eigenvalue weighted by atomic mass is 19.4. The van der Waals surface area contributed by atoms with Gasteiger partial charge in [0.05, 0.1) is 21.4 Å². The third-order valence-electron chi connectivity index (χ3n) is 5.41. The summed E-state index contributed by atoms with van der Waals surface area (Å²) in [6.45, 7) is -0.154. The standard InChI is InChI=1S/C25H14F3N3O6/c26-25(27,28)16-3-1-2-15(10-16)24-29-22(30-37-24)13-35-18-8-9-19-21(11-18)36-12-20(23(19)32)14-4-6-17(7-5-14)31(33)34/h1-12H,13H2. The molecule has 0 N–H and O–H groups in total. The Kier molecular flexibility index (Phi) is 5.91. The molecule has 0 radical (unpaired) electrons. The van der Waals surface area contributed by atoms with Crippen LogP contribution in [-0.4, -0.2) is 15.1 Å². The number of ether oxygens (including phenoxy) is 1. The quantitative estimate of drug-likeness (QED) is 0.201. The maximum Gasteiger partial charge on any atom is 0.416 e. The molecule has 0 unspecified atom stereocenters. The number of hydrogen-bond donors (Lipinski definition) is 0. The van der Waals surface area contributed by atoms with E-state index in [4.69, 9.17) is 13.7 Å². The number of aromatic nitrogens is 2. The average molecular weight is 509 g/mol. The summed E-state index contributed by atoms with van der Waals surface area (Å²) in [6, 6.07) is 14.6. The molecular weight excluding hydrogens is 495 g/mol. The fourth-order valence-corrected chi connectivity index (χ4v) is 3.57. The summed E-state index contributed by atoms with van der Waals surface area (Å²) in [5.41, 5.74) is -0.198. The lowest BCUT2D eigenvalue weighted by atomic mass is 10.1. The molecule has 0 atom stereocenters. The highest BCUT2D eigenvalue weighted by molar-refractivity contribution is 5.82. The maximum atomic E-state index is 12.9. The molecule has 5 aromatic rings. The zero-order chi connectivity index (χ0) is 26.2. The van der Waals surface area contributed by atoms with Crippen LogP contribution in [0, 0.1) is 10.1 Å². The van der Waals surface area contributed by atoms with E-state index in [1.807, 2.05) is 0 Å². The van der Waals surface area contributed by atoms with Crippen molar-refractivity contribution in [2.45, 2.75) is 12.8 Å².